The van der Waals surface area contributed by atoms with Gasteiger partial charge in [0.25, 0.3) is 0 Å². The maximum Gasteiger partial charge on any atom is 0.161 e. The summed E-state index contributed by atoms with van der Waals surface area (Å²) in [4.78, 5) is 0. The molecule has 2 aromatic carbocycles. The number of hydrogen-bond donors (Lipinski definition) is 1. The van der Waals surface area contributed by atoms with Gasteiger partial charge in [0.15, 0.2) is 11.5 Å². The normalized spacial score (nSPS) is 12.0. The fraction of sp³-hybridized carbons (Fsp3) is 0.478. The molecule has 0 saturated heterocycles. The molecule has 0 radical (unpaired) electrons. The van der Waals surface area contributed by atoms with Crippen LogP contribution in [-0.4, -0.2) is 13.7 Å². The van der Waals surface area contributed by atoms with Gasteiger partial charge in [0.1, 0.15) is 0 Å². The van der Waals surface area contributed by atoms with Gasteiger partial charge in [-0.25, -0.2) is 0 Å². The second-order valence-electron chi connectivity index (χ2n) is 6.65. The first kappa shape index (κ1) is 20.3. The summed E-state index contributed by atoms with van der Waals surface area (Å²) in [5.74, 6) is 1.65. The highest BCUT2D eigenvalue weighted by Gasteiger charge is 2.10. The Morgan fingerprint density at radius 1 is 0.923 bits per heavy atom. The van der Waals surface area contributed by atoms with E-state index in [9.17, 15) is 0 Å². The molecule has 3 nitrogen and oxygen atoms in total. The first-order valence-electron chi connectivity index (χ1n) is 9.86. The van der Waals surface area contributed by atoms with Crippen LogP contribution in [0.2, 0.25) is 0 Å². The van der Waals surface area contributed by atoms with E-state index in [-0.39, 0.29) is 0 Å². The quantitative estimate of drug-likeness (QED) is 0.481. The Kier molecular flexibility index (Phi) is 9.05. The molecular weight excluding hydrogens is 322 g/mol. The van der Waals surface area contributed by atoms with Crippen LogP contribution < -0.4 is 14.8 Å². The van der Waals surface area contributed by atoms with Crippen LogP contribution in [0.25, 0.3) is 0 Å². The molecular formula is C23H33NO2. The molecule has 0 aromatic heterocycles. The van der Waals surface area contributed by atoms with Gasteiger partial charge < -0.3 is 14.8 Å². The molecule has 1 unspecified atom stereocenters. The number of ether oxygens (including phenoxy) is 2. The number of nitrogens with one attached hydrogen (secondary N) is 1. The second-order valence-corrected chi connectivity index (χ2v) is 6.65. The third kappa shape index (κ3) is 6.38. The predicted molar refractivity (Wildman–Crippen MR) is 109 cm³/mol. The van der Waals surface area contributed by atoms with Gasteiger partial charge in [-0.1, -0.05) is 69.5 Å². The monoisotopic (exact) mass is 355 g/mol. The second kappa shape index (κ2) is 11.6. The smallest absolute Gasteiger partial charge is 0.161 e. The van der Waals surface area contributed by atoms with Gasteiger partial charge >= 0.3 is 0 Å². The van der Waals surface area contributed by atoms with Crippen molar-refractivity contribution in [3.63, 3.8) is 0 Å². The highest BCUT2D eigenvalue weighted by molar-refractivity contribution is 5.43. The zero-order valence-corrected chi connectivity index (χ0v) is 16.5. The molecule has 3 heteroatoms. The Balaban J connectivity index is 1.91. The summed E-state index contributed by atoms with van der Waals surface area (Å²) < 4.78 is 11.4. The van der Waals surface area contributed by atoms with Crippen LogP contribution in [0, 0.1) is 0 Å². The van der Waals surface area contributed by atoms with Crippen molar-refractivity contribution in [2.24, 2.45) is 0 Å². The van der Waals surface area contributed by atoms with Crippen molar-refractivity contribution in [3.8, 4) is 11.5 Å². The largest absolute Gasteiger partial charge is 0.493 e. The summed E-state index contributed by atoms with van der Waals surface area (Å²) in [5.41, 5.74) is 2.53. The van der Waals surface area contributed by atoms with E-state index in [1.807, 2.05) is 6.07 Å². The van der Waals surface area contributed by atoms with Gasteiger partial charge in [-0.2, -0.15) is 0 Å². The third-order valence-corrected chi connectivity index (χ3v) is 4.65. The van der Waals surface area contributed by atoms with E-state index < -0.39 is 0 Å². The van der Waals surface area contributed by atoms with E-state index in [4.69, 9.17) is 9.47 Å². The van der Waals surface area contributed by atoms with Crippen LogP contribution in [0.1, 0.15) is 63.1 Å². The standard InChI is InChI=1S/C23H33NO2/c1-4-6-7-11-16-26-22-15-14-19(17-23(22)25-3)18-24-21(5-2)20-12-9-8-10-13-20/h8-10,12-15,17,21,24H,4-7,11,16,18H2,1-3H3. The summed E-state index contributed by atoms with van der Waals surface area (Å²) in [6, 6.07) is 17.2. The number of rotatable bonds is 12. The number of methoxy groups -OCH3 is 1. The maximum absolute atomic E-state index is 5.90. The van der Waals surface area contributed by atoms with Crippen LogP contribution >= 0.6 is 0 Å². The fourth-order valence-electron chi connectivity index (χ4n) is 3.08. The summed E-state index contributed by atoms with van der Waals surface area (Å²) >= 11 is 0. The molecule has 0 aliphatic heterocycles. The van der Waals surface area contributed by atoms with E-state index in [1.165, 1.54) is 30.4 Å². The zero-order chi connectivity index (χ0) is 18.6. The molecule has 0 bridgehead atoms. The Bertz CT molecular complexity index is 627. The van der Waals surface area contributed by atoms with Crippen LogP contribution in [0.4, 0.5) is 0 Å². The molecule has 0 aliphatic carbocycles. The Morgan fingerprint density at radius 2 is 1.73 bits per heavy atom. The van der Waals surface area contributed by atoms with E-state index >= 15 is 0 Å². The Hall–Kier alpha value is -2.00. The Labute approximate surface area is 158 Å². The summed E-state index contributed by atoms with van der Waals surface area (Å²) in [6.45, 7) is 5.98. The minimum Gasteiger partial charge on any atom is -0.493 e. The lowest BCUT2D eigenvalue weighted by Crippen LogP contribution is -2.20. The minimum absolute atomic E-state index is 0.358. The van der Waals surface area contributed by atoms with Crippen molar-refractivity contribution < 1.29 is 9.47 Å². The molecule has 1 atom stereocenters. The van der Waals surface area contributed by atoms with Crippen molar-refractivity contribution in [1.29, 1.82) is 0 Å². The van der Waals surface area contributed by atoms with Crippen molar-refractivity contribution in [2.45, 2.75) is 58.5 Å². The van der Waals surface area contributed by atoms with E-state index in [0.717, 1.165) is 37.5 Å². The molecule has 0 spiro atoms. The topological polar surface area (TPSA) is 30.5 Å². The van der Waals surface area contributed by atoms with Crippen molar-refractivity contribution in [2.75, 3.05) is 13.7 Å². The van der Waals surface area contributed by atoms with Gasteiger partial charge in [-0.05, 0) is 36.1 Å². The molecule has 0 saturated carbocycles. The molecule has 0 amide bonds. The third-order valence-electron chi connectivity index (χ3n) is 4.65. The van der Waals surface area contributed by atoms with Crippen LogP contribution in [-0.2, 0) is 6.54 Å². The molecule has 2 rings (SSSR count). The van der Waals surface area contributed by atoms with E-state index in [2.05, 4.69) is 61.6 Å². The molecule has 142 valence electrons. The molecule has 26 heavy (non-hydrogen) atoms. The minimum atomic E-state index is 0.358. The lowest BCUT2D eigenvalue weighted by molar-refractivity contribution is 0.285. The van der Waals surface area contributed by atoms with E-state index in [0.29, 0.717) is 6.04 Å². The molecule has 0 aliphatic rings. The predicted octanol–water partition coefficient (Wildman–Crippen LogP) is 5.90. The van der Waals surface area contributed by atoms with Gasteiger partial charge in [-0.3, -0.25) is 0 Å². The van der Waals surface area contributed by atoms with Crippen molar-refractivity contribution in [3.05, 3.63) is 59.7 Å². The first-order chi connectivity index (χ1) is 12.8. The first-order valence-corrected chi connectivity index (χ1v) is 9.86. The van der Waals surface area contributed by atoms with Crippen molar-refractivity contribution in [1.82, 2.24) is 5.32 Å². The Morgan fingerprint density at radius 3 is 2.42 bits per heavy atom. The number of hydrogen-bond acceptors (Lipinski definition) is 3. The van der Waals surface area contributed by atoms with Gasteiger partial charge in [0, 0.05) is 12.6 Å². The maximum atomic E-state index is 5.90. The average Bonchev–Trinajstić information content (AvgIpc) is 2.69. The molecule has 0 fully saturated rings. The zero-order valence-electron chi connectivity index (χ0n) is 16.5. The average molecular weight is 356 g/mol. The number of unbranched alkanes of at least 4 members (excludes halogenated alkanes) is 3. The molecule has 0 heterocycles. The highest BCUT2D eigenvalue weighted by atomic mass is 16.5. The van der Waals surface area contributed by atoms with Gasteiger partial charge in [-0.15, -0.1) is 0 Å². The summed E-state index contributed by atoms with van der Waals surface area (Å²) in [5, 5.41) is 3.64. The molecule has 1 N–H and O–H groups in total. The van der Waals surface area contributed by atoms with Crippen molar-refractivity contribution >= 4 is 0 Å². The van der Waals surface area contributed by atoms with Gasteiger partial charge in [0.05, 0.1) is 13.7 Å². The van der Waals surface area contributed by atoms with Gasteiger partial charge in [0.2, 0.25) is 0 Å². The number of benzene rings is 2. The lowest BCUT2D eigenvalue weighted by atomic mass is 10.0. The van der Waals surface area contributed by atoms with Crippen LogP contribution in [0.5, 0.6) is 11.5 Å². The van der Waals surface area contributed by atoms with Crippen LogP contribution in [0.15, 0.2) is 48.5 Å². The SMILES string of the molecule is CCCCCCOc1ccc(CNC(CC)c2ccccc2)cc1OC. The van der Waals surface area contributed by atoms with Crippen LogP contribution in [0.3, 0.4) is 0 Å². The summed E-state index contributed by atoms with van der Waals surface area (Å²) in [6.07, 6.45) is 5.88. The van der Waals surface area contributed by atoms with E-state index in [1.54, 1.807) is 7.11 Å². The lowest BCUT2D eigenvalue weighted by Gasteiger charge is -2.18. The highest BCUT2D eigenvalue weighted by Crippen LogP contribution is 2.28. The summed E-state index contributed by atoms with van der Waals surface area (Å²) in [7, 11) is 1.70. The fourth-order valence-corrected chi connectivity index (χ4v) is 3.08. The molecule has 2 aromatic rings.